The molecule has 124 valence electrons. The van der Waals surface area contributed by atoms with Gasteiger partial charge >= 0.3 is 6.18 Å². The van der Waals surface area contributed by atoms with Gasteiger partial charge in [-0.3, -0.25) is 4.98 Å². The fraction of sp³-hybridized carbons (Fsp3) is 0.167. The van der Waals surface area contributed by atoms with Crippen LogP contribution in [0.4, 0.5) is 13.2 Å². The van der Waals surface area contributed by atoms with E-state index in [0.717, 1.165) is 23.0 Å². The Hall–Kier alpha value is -2.76. The summed E-state index contributed by atoms with van der Waals surface area (Å²) in [5.41, 5.74) is -0.00163. The molecule has 0 aliphatic heterocycles. The van der Waals surface area contributed by atoms with E-state index in [9.17, 15) is 13.2 Å². The molecule has 1 heterocycles. The predicted octanol–water partition coefficient (Wildman–Crippen LogP) is 4.71. The molecule has 0 bridgehead atoms. The van der Waals surface area contributed by atoms with Gasteiger partial charge in [-0.05, 0) is 30.3 Å². The number of benzene rings is 2. The predicted molar refractivity (Wildman–Crippen MR) is 84.2 cm³/mol. The minimum Gasteiger partial charge on any atom is -0.490 e. The number of hydrogen-bond acceptors (Lipinski definition) is 3. The molecule has 0 radical (unpaired) electrons. The lowest BCUT2D eigenvalue weighted by Gasteiger charge is -2.11. The maximum Gasteiger partial charge on any atom is 0.416 e. The van der Waals surface area contributed by atoms with Crippen LogP contribution in [0.5, 0.6) is 11.5 Å². The number of hydrogen-bond donors (Lipinski definition) is 0. The number of pyridine rings is 1. The zero-order chi connectivity index (χ0) is 17.0. The van der Waals surface area contributed by atoms with Crippen molar-refractivity contribution in [3.63, 3.8) is 0 Å². The normalized spacial score (nSPS) is 11.5. The maximum atomic E-state index is 12.6. The second-order valence-corrected chi connectivity index (χ2v) is 5.05. The number of ether oxygens (including phenoxy) is 2. The summed E-state index contributed by atoms with van der Waals surface area (Å²) in [7, 11) is 0. The molecule has 24 heavy (non-hydrogen) atoms. The van der Waals surface area contributed by atoms with Crippen molar-refractivity contribution in [2.45, 2.75) is 6.18 Å². The average molecular weight is 333 g/mol. The van der Waals surface area contributed by atoms with Crippen LogP contribution >= 0.6 is 0 Å². The molecular formula is C18H14F3NO2. The lowest BCUT2D eigenvalue weighted by Crippen LogP contribution is -2.10. The van der Waals surface area contributed by atoms with Gasteiger partial charge in [0.1, 0.15) is 30.2 Å². The Morgan fingerprint density at radius 1 is 0.875 bits per heavy atom. The van der Waals surface area contributed by atoms with Crippen LogP contribution in [0.25, 0.3) is 10.9 Å². The molecule has 0 unspecified atom stereocenters. The number of aromatic nitrogens is 1. The van der Waals surface area contributed by atoms with Gasteiger partial charge in [0.25, 0.3) is 0 Å². The molecule has 0 N–H and O–H groups in total. The van der Waals surface area contributed by atoms with Crippen molar-refractivity contribution < 1.29 is 22.6 Å². The summed E-state index contributed by atoms with van der Waals surface area (Å²) in [6, 6.07) is 14.1. The van der Waals surface area contributed by atoms with Gasteiger partial charge < -0.3 is 9.47 Å². The van der Waals surface area contributed by atoms with Gasteiger partial charge in [0.2, 0.25) is 0 Å². The molecule has 0 aliphatic rings. The van der Waals surface area contributed by atoms with E-state index in [2.05, 4.69) is 4.98 Å². The first kappa shape index (κ1) is 16.1. The zero-order valence-electron chi connectivity index (χ0n) is 12.6. The summed E-state index contributed by atoms with van der Waals surface area (Å²) >= 11 is 0. The fourth-order valence-corrected chi connectivity index (χ4v) is 2.27. The summed E-state index contributed by atoms with van der Waals surface area (Å²) in [6.45, 7) is 0.330. The number of halogens is 3. The highest BCUT2D eigenvalue weighted by atomic mass is 19.4. The van der Waals surface area contributed by atoms with E-state index in [1.807, 2.05) is 24.3 Å². The van der Waals surface area contributed by atoms with Crippen LogP contribution in [0.2, 0.25) is 0 Å². The van der Waals surface area contributed by atoms with E-state index in [1.165, 1.54) is 12.1 Å². The van der Waals surface area contributed by atoms with Crippen LogP contribution in [0, 0.1) is 0 Å². The Labute approximate surface area is 136 Å². The van der Waals surface area contributed by atoms with Gasteiger partial charge in [-0.15, -0.1) is 0 Å². The monoisotopic (exact) mass is 333 g/mol. The van der Waals surface area contributed by atoms with E-state index >= 15 is 0 Å². The molecule has 0 saturated heterocycles. The Kier molecular flexibility index (Phi) is 4.55. The number of para-hydroxylation sites is 1. The van der Waals surface area contributed by atoms with Crippen molar-refractivity contribution in [1.29, 1.82) is 0 Å². The van der Waals surface area contributed by atoms with E-state index in [-0.39, 0.29) is 19.0 Å². The van der Waals surface area contributed by atoms with Crippen molar-refractivity contribution in [3.8, 4) is 11.5 Å². The third-order valence-electron chi connectivity index (χ3n) is 3.37. The lowest BCUT2D eigenvalue weighted by atomic mass is 10.2. The van der Waals surface area contributed by atoms with E-state index in [4.69, 9.17) is 9.47 Å². The third-order valence-corrected chi connectivity index (χ3v) is 3.37. The summed E-state index contributed by atoms with van der Waals surface area (Å²) in [4.78, 5) is 4.27. The molecule has 0 atom stereocenters. The molecule has 0 saturated carbocycles. The molecule has 6 heteroatoms. The second kappa shape index (κ2) is 6.78. The van der Waals surface area contributed by atoms with Gasteiger partial charge in [0, 0.05) is 11.6 Å². The molecule has 0 aliphatic carbocycles. The zero-order valence-corrected chi connectivity index (χ0v) is 12.6. The topological polar surface area (TPSA) is 31.4 Å². The number of rotatable bonds is 5. The Morgan fingerprint density at radius 2 is 1.62 bits per heavy atom. The Bertz CT molecular complexity index is 828. The molecule has 0 spiro atoms. The number of alkyl halides is 3. The molecule has 3 aromatic rings. The van der Waals surface area contributed by atoms with Gasteiger partial charge in [0.05, 0.1) is 5.56 Å². The highest BCUT2D eigenvalue weighted by Gasteiger charge is 2.30. The third kappa shape index (κ3) is 3.76. The van der Waals surface area contributed by atoms with Crippen LogP contribution in [-0.2, 0) is 6.18 Å². The summed E-state index contributed by atoms with van der Waals surface area (Å²) < 4.78 is 48.9. The van der Waals surface area contributed by atoms with Crippen LogP contribution in [0.1, 0.15) is 5.56 Å². The first-order valence-corrected chi connectivity index (χ1v) is 7.31. The maximum absolute atomic E-state index is 12.6. The highest BCUT2D eigenvalue weighted by Crippen LogP contribution is 2.31. The van der Waals surface area contributed by atoms with Crippen molar-refractivity contribution in [3.05, 3.63) is 66.4 Å². The average Bonchev–Trinajstić information content (AvgIpc) is 2.58. The van der Waals surface area contributed by atoms with E-state index < -0.39 is 11.7 Å². The van der Waals surface area contributed by atoms with Crippen molar-refractivity contribution in [2.24, 2.45) is 0 Å². The quantitative estimate of drug-likeness (QED) is 0.634. The Balaban J connectivity index is 1.59. The van der Waals surface area contributed by atoms with E-state index in [1.54, 1.807) is 12.3 Å². The van der Waals surface area contributed by atoms with Crippen LogP contribution in [-0.4, -0.2) is 18.2 Å². The molecule has 3 rings (SSSR count). The van der Waals surface area contributed by atoms with Gasteiger partial charge in [-0.2, -0.15) is 13.2 Å². The lowest BCUT2D eigenvalue weighted by molar-refractivity contribution is -0.137. The molecule has 0 fully saturated rings. The summed E-state index contributed by atoms with van der Waals surface area (Å²) in [5.74, 6) is 0.769. The minimum absolute atomic E-state index is 0.129. The van der Waals surface area contributed by atoms with Gasteiger partial charge in [0.15, 0.2) is 0 Å². The molecule has 0 amide bonds. The summed E-state index contributed by atoms with van der Waals surface area (Å²) in [6.07, 6.45) is -2.71. The second-order valence-electron chi connectivity index (χ2n) is 5.05. The molecular weight excluding hydrogens is 319 g/mol. The van der Waals surface area contributed by atoms with Crippen LogP contribution in [0.15, 0.2) is 60.8 Å². The standard InChI is InChI=1S/C18H14F3NO2/c19-18(20,21)14-6-2-7-15(12-14)23-10-11-24-16-8-1-4-13-5-3-9-22-17(13)16/h1-9,12H,10-11H2. The summed E-state index contributed by atoms with van der Waals surface area (Å²) in [5, 5.41) is 0.953. The van der Waals surface area contributed by atoms with Crippen molar-refractivity contribution >= 4 is 10.9 Å². The number of fused-ring (bicyclic) bond motifs is 1. The van der Waals surface area contributed by atoms with Crippen LogP contribution < -0.4 is 9.47 Å². The van der Waals surface area contributed by atoms with Gasteiger partial charge in [-0.1, -0.05) is 24.3 Å². The highest BCUT2D eigenvalue weighted by molar-refractivity contribution is 5.84. The molecule has 1 aromatic heterocycles. The molecule has 2 aromatic carbocycles. The first-order chi connectivity index (χ1) is 11.5. The van der Waals surface area contributed by atoms with Crippen LogP contribution in [0.3, 0.4) is 0 Å². The number of nitrogens with zero attached hydrogens (tertiary/aromatic N) is 1. The fourth-order valence-electron chi connectivity index (χ4n) is 2.27. The first-order valence-electron chi connectivity index (χ1n) is 7.31. The minimum atomic E-state index is -4.38. The van der Waals surface area contributed by atoms with Crippen molar-refractivity contribution in [1.82, 2.24) is 4.98 Å². The van der Waals surface area contributed by atoms with E-state index in [0.29, 0.717) is 5.75 Å². The SMILES string of the molecule is FC(F)(F)c1cccc(OCCOc2cccc3cccnc23)c1. The smallest absolute Gasteiger partial charge is 0.416 e. The Morgan fingerprint density at radius 3 is 2.46 bits per heavy atom. The van der Waals surface area contributed by atoms with Crippen molar-refractivity contribution in [2.75, 3.05) is 13.2 Å². The largest absolute Gasteiger partial charge is 0.490 e. The van der Waals surface area contributed by atoms with Gasteiger partial charge in [-0.25, -0.2) is 0 Å². The molecule has 3 nitrogen and oxygen atoms in total.